The summed E-state index contributed by atoms with van der Waals surface area (Å²) in [5.41, 5.74) is 0. The standard InChI is InChI=1S/C11H20O3Si/c1-13-11(12)9-6-5-7-10(8-9)14-15(2,3)4/h7,9H,5-6,8H2,1-4H3. The van der Waals surface area contributed by atoms with Gasteiger partial charge in [0.25, 0.3) is 0 Å². The zero-order valence-corrected chi connectivity index (χ0v) is 11.0. The quantitative estimate of drug-likeness (QED) is 0.550. The minimum Gasteiger partial charge on any atom is -0.548 e. The van der Waals surface area contributed by atoms with E-state index < -0.39 is 8.32 Å². The maximum Gasteiger partial charge on any atom is 0.309 e. The Morgan fingerprint density at radius 1 is 1.47 bits per heavy atom. The van der Waals surface area contributed by atoms with Crippen LogP contribution in [-0.2, 0) is 14.0 Å². The third-order valence-electron chi connectivity index (χ3n) is 2.31. The Balaban J connectivity index is 2.55. The van der Waals surface area contributed by atoms with E-state index in [1.165, 1.54) is 7.11 Å². The average molecular weight is 228 g/mol. The van der Waals surface area contributed by atoms with E-state index in [1.54, 1.807) is 0 Å². The first-order chi connectivity index (χ1) is 6.92. The van der Waals surface area contributed by atoms with Crippen LogP contribution >= 0.6 is 0 Å². The molecule has 86 valence electrons. The van der Waals surface area contributed by atoms with Gasteiger partial charge in [-0.15, -0.1) is 0 Å². The monoisotopic (exact) mass is 228 g/mol. The molecular formula is C11H20O3Si. The maximum absolute atomic E-state index is 11.4. The van der Waals surface area contributed by atoms with Crippen molar-refractivity contribution >= 4 is 14.3 Å². The topological polar surface area (TPSA) is 35.5 Å². The van der Waals surface area contributed by atoms with Crippen molar-refractivity contribution in [2.45, 2.75) is 38.9 Å². The van der Waals surface area contributed by atoms with E-state index in [4.69, 9.17) is 9.16 Å². The van der Waals surface area contributed by atoms with Crippen LogP contribution in [0.2, 0.25) is 19.6 Å². The molecule has 1 rings (SSSR count). The van der Waals surface area contributed by atoms with Gasteiger partial charge < -0.3 is 9.16 Å². The van der Waals surface area contributed by atoms with Crippen LogP contribution in [0.3, 0.4) is 0 Å². The van der Waals surface area contributed by atoms with Crippen molar-refractivity contribution in [3.63, 3.8) is 0 Å². The van der Waals surface area contributed by atoms with Crippen LogP contribution in [0.4, 0.5) is 0 Å². The van der Waals surface area contributed by atoms with Crippen LogP contribution in [0.5, 0.6) is 0 Å². The van der Waals surface area contributed by atoms with Crippen molar-refractivity contribution < 1.29 is 14.0 Å². The molecule has 3 nitrogen and oxygen atoms in total. The molecule has 1 aliphatic rings. The van der Waals surface area contributed by atoms with Gasteiger partial charge in [0.05, 0.1) is 18.8 Å². The second-order valence-electron chi connectivity index (χ2n) is 4.89. The molecule has 0 aromatic carbocycles. The van der Waals surface area contributed by atoms with Gasteiger partial charge in [-0.3, -0.25) is 4.79 Å². The van der Waals surface area contributed by atoms with Crippen LogP contribution in [0.25, 0.3) is 0 Å². The van der Waals surface area contributed by atoms with E-state index in [-0.39, 0.29) is 11.9 Å². The fraction of sp³-hybridized carbons (Fsp3) is 0.727. The van der Waals surface area contributed by atoms with Crippen LogP contribution in [-0.4, -0.2) is 21.4 Å². The zero-order valence-electron chi connectivity index (χ0n) is 10.0. The van der Waals surface area contributed by atoms with Gasteiger partial charge in [0.15, 0.2) is 0 Å². The second kappa shape index (κ2) is 4.83. The van der Waals surface area contributed by atoms with Gasteiger partial charge in [-0.25, -0.2) is 0 Å². The molecule has 0 N–H and O–H groups in total. The third kappa shape index (κ3) is 4.07. The van der Waals surface area contributed by atoms with Crippen molar-refractivity contribution in [2.24, 2.45) is 5.92 Å². The van der Waals surface area contributed by atoms with Crippen LogP contribution < -0.4 is 0 Å². The lowest BCUT2D eigenvalue weighted by Gasteiger charge is -2.27. The van der Waals surface area contributed by atoms with Gasteiger partial charge in [-0.1, -0.05) is 0 Å². The van der Waals surface area contributed by atoms with Crippen molar-refractivity contribution in [2.75, 3.05) is 7.11 Å². The number of methoxy groups -OCH3 is 1. The molecule has 1 atom stereocenters. The number of rotatable bonds is 3. The number of carbonyl (C=O) groups is 1. The predicted octanol–water partition coefficient (Wildman–Crippen LogP) is 2.69. The van der Waals surface area contributed by atoms with E-state index >= 15 is 0 Å². The summed E-state index contributed by atoms with van der Waals surface area (Å²) in [6, 6.07) is 0. The Morgan fingerprint density at radius 2 is 2.13 bits per heavy atom. The molecule has 0 saturated heterocycles. The summed E-state index contributed by atoms with van der Waals surface area (Å²) in [7, 11) is -0.0954. The van der Waals surface area contributed by atoms with Crippen LogP contribution in [0, 0.1) is 5.92 Å². The number of carbonyl (C=O) groups excluding carboxylic acids is 1. The molecule has 0 radical (unpaired) electrons. The molecule has 0 amide bonds. The number of allylic oxidation sites excluding steroid dienone is 2. The Labute approximate surface area is 92.6 Å². The molecule has 0 fully saturated rings. The largest absolute Gasteiger partial charge is 0.548 e. The van der Waals surface area contributed by atoms with Gasteiger partial charge in [0.1, 0.15) is 0 Å². The Bertz CT molecular complexity index is 265. The highest BCUT2D eigenvalue weighted by Crippen LogP contribution is 2.27. The summed E-state index contributed by atoms with van der Waals surface area (Å²) in [5, 5.41) is 0. The first-order valence-corrected chi connectivity index (χ1v) is 8.79. The summed E-state index contributed by atoms with van der Waals surface area (Å²) in [6.45, 7) is 6.45. The summed E-state index contributed by atoms with van der Waals surface area (Å²) in [6.07, 6.45) is 4.61. The lowest BCUT2D eigenvalue weighted by Crippen LogP contribution is -2.28. The van der Waals surface area contributed by atoms with Gasteiger partial charge in [0, 0.05) is 6.42 Å². The average Bonchev–Trinajstić information content (AvgIpc) is 2.14. The SMILES string of the molecule is COC(=O)C1CCC=C(O[Si](C)(C)C)C1. The highest BCUT2D eigenvalue weighted by Gasteiger charge is 2.26. The van der Waals surface area contributed by atoms with Crippen molar-refractivity contribution in [1.29, 1.82) is 0 Å². The smallest absolute Gasteiger partial charge is 0.309 e. The van der Waals surface area contributed by atoms with Crippen LogP contribution in [0.1, 0.15) is 19.3 Å². The van der Waals surface area contributed by atoms with E-state index in [9.17, 15) is 4.79 Å². The molecule has 0 saturated carbocycles. The van der Waals surface area contributed by atoms with E-state index in [1.807, 2.05) is 0 Å². The summed E-state index contributed by atoms with van der Waals surface area (Å²) in [5.74, 6) is 0.863. The van der Waals surface area contributed by atoms with Crippen molar-refractivity contribution in [3.05, 3.63) is 11.8 Å². The second-order valence-corrected chi connectivity index (χ2v) is 9.32. The molecule has 15 heavy (non-hydrogen) atoms. The summed E-state index contributed by atoms with van der Waals surface area (Å²) < 4.78 is 10.7. The summed E-state index contributed by atoms with van der Waals surface area (Å²) >= 11 is 0. The van der Waals surface area contributed by atoms with Crippen LogP contribution in [0.15, 0.2) is 11.8 Å². The van der Waals surface area contributed by atoms with Crippen molar-refractivity contribution in [1.82, 2.24) is 0 Å². The van der Waals surface area contributed by atoms with Gasteiger partial charge in [-0.2, -0.15) is 0 Å². The van der Waals surface area contributed by atoms with E-state index in [2.05, 4.69) is 25.7 Å². The minimum absolute atomic E-state index is 0.00801. The molecule has 1 aliphatic carbocycles. The molecular weight excluding hydrogens is 208 g/mol. The lowest BCUT2D eigenvalue weighted by atomic mass is 9.93. The molecule has 0 aromatic heterocycles. The van der Waals surface area contributed by atoms with E-state index in [0.29, 0.717) is 6.42 Å². The molecule has 1 unspecified atom stereocenters. The number of hydrogen-bond donors (Lipinski definition) is 0. The number of esters is 1. The number of ether oxygens (including phenoxy) is 1. The van der Waals surface area contributed by atoms with E-state index in [0.717, 1.165) is 18.6 Å². The zero-order chi connectivity index (χ0) is 11.5. The predicted molar refractivity (Wildman–Crippen MR) is 61.9 cm³/mol. The Morgan fingerprint density at radius 3 is 2.67 bits per heavy atom. The van der Waals surface area contributed by atoms with Gasteiger partial charge >= 0.3 is 5.97 Å². The molecule has 0 aromatic rings. The van der Waals surface area contributed by atoms with Gasteiger partial charge in [-0.05, 0) is 38.6 Å². The maximum atomic E-state index is 11.4. The molecule has 0 bridgehead atoms. The minimum atomic E-state index is -1.54. The normalized spacial score (nSPS) is 21.9. The molecule has 0 heterocycles. The first-order valence-electron chi connectivity index (χ1n) is 5.38. The Kier molecular flexibility index (Phi) is 3.96. The molecule has 4 heteroatoms. The highest BCUT2D eigenvalue weighted by molar-refractivity contribution is 6.70. The lowest BCUT2D eigenvalue weighted by molar-refractivity contribution is -0.146. The molecule has 0 spiro atoms. The highest BCUT2D eigenvalue weighted by atomic mass is 28.4. The molecule has 0 aliphatic heterocycles. The van der Waals surface area contributed by atoms with Crippen molar-refractivity contribution in [3.8, 4) is 0 Å². The Hall–Kier alpha value is -0.773. The number of hydrogen-bond acceptors (Lipinski definition) is 3. The fourth-order valence-corrected chi connectivity index (χ4v) is 2.67. The fourth-order valence-electron chi connectivity index (χ4n) is 1.72. The summed E-state index contributed by atoms with van der Waals surface area (Å²) in [4.78, 5) is 11.4. The third-order valence-corrected chi connectivity index (χ3v) is 3.18. The van der Waals surface area contributed by atoms with Gasteiger partial charge in [0.2, 0.25) is 8.32 Å². The first kappa shape index (κ1) is 12.3.